The van der Waals surface area contributed by atoms with Crippen LogP contribution in [0.15, 0.2) is 17.6 Å². The fourth-order valence-electron chi connectivity index (χ4n) is 1.94. The van der Waals surface area contributed by atoms with Gasteiger partial charge in [-0.25, -0.2) is 5.43 Å². The van der Waals surface area contributed by atoms with Crippen LogP contribution in [-0.4, -0.2) is 35.3 Å². The van der Waals surface area contributed by atoms with Crippen molar-refractivity contribution >= 4 is 45.5 Å². The van der Waals surface area contributed by atoms with Gasteiger partial charge in [0.15, 0.2) is 0 Å². The summed E-state index contributed by atoms with van der Waals surface area (Å²) in [6.45, 7) is 1.66. The first-order chi connectivity index (χ1) is 9.52. The summed E-state index contributed by atoms with van der Waals surface area (Å²) >= 11 is 10.3. The number of hydrogen-bond acceptors (Lipinski definition) is 5. The van der Waals surface area contributed by atoms with E-state index in [9.17, 15) is 0 Å². The molecule has 0 aliphatic rings. The minimum absolute atomic E-state index is 0.146. The molecule has 3 N–H and O–H groups in total. The number of thiophene rings is 1. The third kappa shape index (κ3) is 3.71. The third-order valence-electron chi connectivity index (χ3n) is 2.95. The van der Waals surface area contributed by atoms with Gasteiger partial charge in [0.25, 0.3) is 0 Å². The molecule has 8 heteroatoms. The zero-order valence-electron chi connectivity index (χ0n) is 11.3. The number of halogens is 2. The Kier molecular flexibility index (Phi) is 5.82. The van der Waals surface area contributed by atoms with Crippen LogP contribution in [0.5, 0.6) is 0 Å². The highest BCUT2D eigenvalue weighted by Crippen LogP contribution is 2.30. The molecule has 2 heterocycles. The summed E-state index contributed by atoms with van der Waals surface area (Å²) in [5.74, 6) is 5.74. The highest BCUT2D eigenvalue weighted by molar-refractivity contribution is 14.1. The zero-order chi connectivity index (χ0) is 14.7. The molecule has 2 aromatic heterocycles. The molecular formula is C12H17ClIN5S. The molecule has 110 valence electrons. The Bertz CT molecular complexity index is 568. The van der Waals surface area contributed by atoms with Crippen molar-refractivity contribution in [3.63, 3.8) is 0 Å². The van der Waals surface area contributed by atoms with Crippen LogP contribution in [0.1, 0.15) is 17.3 Å². The summed E-state index contributed by atoms with van der Waals surface area (Å²) < 4.78 is 3.13. The van der Waals surface area contributed by atoms with E-state index < -0.39 is 0 Å². The normalized spacial score (nSPS) is 13.1. The maximum atomic E-state index is 6.30. The molecule has 2 rings (SSSR count). The lowest BCUT2D eigenvalue weighted by Gasteiger charge is -2.18. The maximum Gasteiger partial charge on any atom is 0.0901 e. The lowest BCUT2D eigenvalue weighted by Crippen LogP contribution is -2.31. The molecule has 1 unspecified atom stereocenters. The highest BCUT2D eigenvalue weighted by atomic mass is 127. The molecule has 0 radical (unpaired) electrons. The molecule has 0 saturated carbocycles. The lowest BCUT2D eigenvalue weighted by molar-refractivity contribution is 0.365. The average Bonchev–Trinajstić information content (AvgIpc) is 2.97. The Labute approximate surface area is 141 Å². The summed E-state index contributed by atoms with van der Waals surface area (Å²) in [5.41, 5.74) is 4.86. The van der Waals surface area contributed by atoms with E-state index in [-0.39, 0.29) is 6.04 Å². The second-order valence-corrected chi connectivity index (χ2v) is 7.90. The molecule has 0 aliphatic carbocycles. The van der Waals surface area contributed by atoms with Gasteiger partial charge in [0.1, 0.15) is 0 Å². The fraction of sp³-hybridized carbons (Fsp3) is 0.417. The predicted molar refractivity (Wildman–Crippen MR) is 92.0 cm³/mol. The van der Waals surface area contributed by atoms with Crippen LogP contribution in [0.2, 0.25) is 5.02 Å². The average molecular weight is 426 g/mol. The van der Waals surface area contributed by atoms with E-state index in [2.05, 4.69) is 49.5 Å². The minimum Gasteiger partial charge on any atom is -0.308 e. The molecule has 0 fully saturated rings. The van der Waals surface area contributed by atoms with Crippen molar-refractivity contribution in [3.05, 3.63) is 36.8 Å². The van der Waals surface area contributed by atoms with Gasteiger partial charge in [0.05, 0.1) is 32.4 Å². The molecule has 1 atom stereocenters. The summed E-state index contributed by atoms with van der Waals surface area (Å²) in [5, 5.41) is 7.07. The van der Waals surface area contributed by atoms with Crippen molar-refractivity contribution in [1.82, 2.24) is 20.1 Å². The predicted octanol–water partition coefficient (Wildman–Crippen LogP) is 2.32. The van der Waals surface area contributed by atoms with Crippen molar-refractivity contribution < 1.29 is 0 Å². The molecule has 0 saturated heterocycles. The first-order valence-electron chi connectivity index (χ1n) is 6.09. The van der Waals surface area contributed by atoms with E-state index in [0.29, 0.717) is 5.02 Å². The van der Waals surface area contributed by atoms with Crippen molar-refractivity contribution in [2.45, 2.75) is 12.6 Å². The van der Waals surface area contributed by atoms with Gasteiger partial charge in [-0.05, 0) is 53.7 Å². The van der Waals surface area contributed by atoms with Gasteiger partial charge in [0.2, 0.25) is 0 Å². The number of nitrogens with two attached hydrogens (primary N) is 1. The Morgan fingerprint density at radius 1 is 1.60 bits per heavy atom. The van der Waals surface area contributed by atoms with Crippen molar-refractivity contribution in [3.8, 4) is 0 Å². The standard InChI is InChI=1S/C12H17ClIN5S/c1-18(2)3-4-19-12(9(13)6-16-19)11(17-15)8-5-10(14)20-7-8/h5-7,11,17H,3-4,15H2,1-2H3. The molecule has 0 spiro atoms. The largest absolute Gasteiger partial charge is 0.308 e. The van der Waals surface area contributed by atoms with Gasteiger partial charge in [-0.15, -0.1) is 11.3 Å². The van der Waals surface area contributed by atoms with E-state index in [1.807, 2.05) is 18.8 Å². The molecule has 2 aromatic rings. The van der Waals surface area contributed by atoms with Crippen LogP contribution < -0.4 is 11.3 Å². The summed E-state index contributed by atoms with van der Waals surface area (Å²) in [6, 6.07) is 1.96. The summed E-state index contributed by atoms with van der Waals surface area (Å²) in [4.78, 5) is 2.11. The summed E-state index contributed by atoms with van der Waals surface area (Å²) in [7, 11) is 4.06. The summed E-state index contributed by atoms with van der Waals surface area (Å²) in [6.07, 6.45) is 1.67. The van der Waals surface area contributed by atoms with Gasteiger partial charge >= 0.3 is 0 Å². The second kappa shape index (κ2) is 7.19. The molecule has 0 aromatic carbocycles. The zero-order valence-corrected chi connectivity index (χ0v) is 15.0. The second-order valence-electron chi connectivity index (χ2n) is 4.69. The van der Waals surface area contributed by atoms with Crippen LogP contribution in [0.4, 0.5) is 0 Å². The monoisotopic (exact) mass is 425 g/mol. The van der Waals surface area contributed by atoms with Gasteiger partial charge in [-0.1, -0.05) is 11.6 Å². The Hall–Kier alpha value is -0.190. The first-order valence-corrected chi connectivity index (χ1v) is 8.42. The number of hydrogen-bond donors (Lipinski definition) is 2. The molecule has 20 heavy (non-hydrogen) atoms. The minimum atomic E-state index is -0.146. The molecule has 0 aliphatic heterocycles. The van der Waals surface area contributed by atoms with Gasteiger partial charge in [-0.3, -0.25) is 10.5 Å². The number of aromatic nitrogens is 2. The van der Waals surface area contributed by atoms with E-state index in [0.717, 1.165) is 24.3 Å². The SMILES string of the molecule is CN(C)CCn1ncc(Cl)c1C(NN)c1csc(I)c1. The molecule has 5 nitrogen and oxygen atoms in total. The molecule has 0 bridgehead atoms. The first kappa shape index (κ1) is 16.2. The Morgan fingerprint density at radius 3 is 2.90 bits per heavy atom. The van der Waals surface area contributed by atoms with Crippen LogP contribution in [0.3, 0.4) is 0 Å². The maximum absolute atomic E-state index is 6.30. The van der Waals surface area contributed by atoms with E-state index in [4.69, 9.17) is 17.4 Å². The van der Waals surface area contributed by atoms with Crippen molar-refractivity contribution in [2.75, 3.05) is 20.6 Å². The van der Waals surface area contributed by atoms with Crippen molar-refractivity contribution in [1.29, 1.82) is 0 Å². The fourth-order valence-corrected chi connectivity index (χ4v) is 3.59. The topological polar surface area (TPSA) is 59.1 Å². The van der Waals surface area contributed by atoms with Gasteiger partial charge in [0, 0.05) is 6.54 Å². The van der Waals surface area contributed by atoms with E-state index in [1.165, 1.54) is 2.88 Å². The smallest absolute Gasteiger partial charge is 0.0901 e. The van der Waals surface area contributed by atoms with Crippen LogP contribution >= 0.6 is 45.5 Å². The van der Waals surface area contributed by atoms with Crippen LogP contribution in [0.25, 0.3) is 0 Å². The third-order valence-corrected chi connectivity index (χ3v) is 5.05. The number of hydrazine groups is 1. The molecule has 0 amide bonds. The number of nitrogens with one attached hydrogen (secondary N) is 1. The van der Waals surface area contributed by atoms with Crippen LogP contribution in [-0.2, 0) is 6.54 Å². The quantitative estimate of drug-likeness (QED) is 0.424. The lowest BCUT2D eigenvalue weighted by atomic mass is 10.1. The Balaban J connectivity index is 2.31. The van der Waals surface area contributed by atoms with Gasteiger partial charge < -0.3 is 4.90 Å². The van der Waals surface area contributed by atoms with Gasteiger partial charge in [-0.2, -0.15) is 5.10 Å². The number of rotatable bonds is 6. The van der Waals surface area contributed by atoms with Crippen LogP contribution in [0, 0.1) is 2.88 Å². The highest BCUT2D eigenvalue weighted by Gasteiger charge is 2.22. The number of nitrogens with zero attached hydrogens (tertiary/aromatic N) is 3. The van der Waals surface area contributed by atoms with E-state index in [1.54, 1.807) is 17.5 Å². The molecular weight excluding hydrogens is 409 g/mol. The van der Waals surface area contributed by atoms with E-state index >= 15 is 0 Å². The number of likely N-dealkylation sites (N-methyl/N-ethyl adjacent to an activating group) is 1. The van der Waals surface area contributed by atoms with Crippen molar-refractivity contribution in [2.24, 2.45) is 5.84 Å². The Morgan fingerprint density at radius 2 is 2.35 bits per heavy atom.